The number of hydrogen-bond donors (Lipinski definition) is 1. The summed E-state index contributed by atoms with van der Waals surface area (Å²) in [6, 6.07) is 13.0. The number of nitrogens with zero attached hydrogens (tertiary/aromatic N) is 1. The molecular formula is C17H24N2O. The van der Waals surface area contributed by atoms with Crippen LogP contribution in [-0.2, 0) is 13.0 Å². The Hall–Kier alpha value is -1.74. The van der Waals surface area contributed by atoms with Gasteiger partial charge in [-0.2, -0.15) is 0 Å². The van der Waals surface area contributed by atoms with Crippen molar-refractivity contribution < 1.29 is 4.74 Å². The van der Waals surface area contributed by atoms with Gasteiger partial charge in [0.1, 0.15) is 5.75 Å². The Bertz CT molecular complexity index is 516. The molecule has 0 aliphatic heterocycles. The predicted octanol–water partition coefficient (Wildman–Crippen LogP) is 3.41. The van der Waals surface area contributed by atoms with Crippen LogP contribution in [0.2, 0.25) is 0 Å². The molecular weight excluding hydrogens is 248 g/mol. The van der Waals surface area contributed by atoms with Gasteiger partial charge in [-0.25, -0.2) is 0 Å². The van der Waals surface area contributed by atoms with Crippen LogP contribution in [0.15, 0.2) is 42.6 Å². The molecule has 0 aliphatic carbocycles. The second-order valence-electron chi connectivity index (χ2n) is 5.00. The van der Waals surface area contributed by atoms with Gasteiger partial charge in [0, 0.05) is 24.5 Å². The van der Waals surface area contributed by atoms with Crippen LogP contribution in [0.4, 0.5) is 0 Å². The molecule has 2 rings (SSSR count). The fraction of sp³-hybridized carbons (Fsp3) is 0.412. The SMILES string of the molecule is CCNC(C)c1cccn1CCc1ccc(OC)cc1. The predicted molar refractivity (Wildman–Crippen MR) is 83.2 cm³/mol. The molecule has 108 valence electrons. The van der Waals surface area contributed by atoms with Crippen molar-refractivity contribution in [2.24, 2.45) is 0 Å². The van der Waals surface area contributed by atoms with Crippen molar-refractivity contribution >= 4 is 0 Å². The van der Waals surface area contributed by atoms with Gasteiger partial charge in [0.15, 0.2) is 0 Å². The first-order valence-corrected chi connectivity index (χ1v) is 7.26. The smallest absolute Gasteiger partial charge is 0.118 e. The molecule has 0 aliphatic rings. The standard InChI is InChI=1S/C17H24N2O/c1-4-18-14(2)17-6-5-12-19(17)13-11-15-7-9-16(20-3)10-8-15/h5-10,12,14,18H,4,11,13H2,1-3H3. The van der Waals surface area contributed by atoms with Crippen LogP contribution in [-0.4, -0.2) is 18.2 Å². The molecule has 2 aromatic rings. The van der Waals surface area contributed by atoms with Crippen molar-refractivity contribution in [2.75, 3.05) is 13.7 Å². The first-order valence-electron chi connectivity index (χ1n) is 7.26. The van der Waals surface area contributed by atoms with Crippen molar-refractivity contribution in [2.45, 2.75) is 32.9 Å². The highest BCUT2D eigenvalue weighted by molar-refractivity contribution is 5.27. The van der Waals surface area contributed by atoms with Crippen molar-refractivity contribution in [3.63, 3.8) is 0 Å². The molecule has 1 N–H and O–H groups in total. The van der Waals surface area contributed by atoms with Gasteiger partial charge in [0.05, 0.1) is 7.11 Å². The molecule has 0 bridgehead atoms. The van der Waals surface area contributed by atoms with Gasteiger partial charge in [-0.1, -0.05) is 19.1 Å². The fourth-order valence-corrected chi connectivity index (χ4v) is 2.48. The highest BCUT2D eigenvalue weighted by Gasteiger charge is 2.08. The lowest BCUT2D eigenvalue weighted by Gasteiger charge is -2.16. The molecule has 0 fully saturated rings. The van der Waals surface area contributed by atoms with E-state index in [1.807, 2.05) is 12.1 Å². The van der Waals surface area contributed by atoms with E-state index in [0.29, 0.717) is 6.04 Å². The lowest BCUT2D eigenvalue weighted by atomic mass is 10.1. The van der Waals surface area contributed by atoms with Crippen LogP contribution in [0.5, 0.6) is 5.75 Å². The Morgan fingerprint density at radius 2 is 1.95 bits per heavy atom. The minimum atomic E-state index is 0.394. The molecule has 1 aromatic carbocycles. The zero-order chi connectivity index (χ0) is 14.4. The molecule has 0 saturated carbocycles. The fourth-order valence-electron chi connectivity index (χ4n) is 2.48. The monoisotopic (exact) mass is 272 g/mol. The van der Waals surface area contributed by atoms with E-state index < -0.39 is 0 Å². The minimum absolute atomic E-state index is 0.394. The molecule has 0 saturated heterocycles. The lowest BCUT2D eigenvalue weighted by Crippen LogP contribution is -2.21. The number of aromatic nitrogens is 1. The molecule has 3 heteroatoms. The van der Waals surface area contributed by atoms with Gasteiger partial charge in [0.25, 0.3) is 0 Å². The van der Waals surface area contributed by atoms with Gasteiger partial charge in [-0.05, 0) is 49.7 Å². The summed E-state index contributed by atoms with van der Waals surface area (Å²) in [5.41, 5.74) is 2.68. The van der Waals surface area contributed by atoms with E-state index in [1.54, 1.807) is 7.11 Å². The number of hydrogen-bond acceptors (Lipinski definition) is 2. The summed E-state index contributed by atoms with van der Waals surface area (Å²) in [6.45, 7) is 6.35. The number of methoxy groups -OCH3 is 1. The van der Waals surface area contributed by atoms with Gasteiger partial charge >= 0.3 is 0 Å². The van der Waals surface area contributed by atoms with Gasteiger partial charge < -0.3 is 14.6 Å². The number of aryl methyl sites for hydroxylation is 2. The average molecular weight is 272 g/mol. The summed E-state index contributed by atoms with van der Waals surface area (Å²) >= 11 is 0. The Labute approximate surface area is 121 Å². The topological polar surface area (TPSA) is 26.2 Å². The molecule has 0 amide bonds. The minimum Gasteiger partial charge on any atom is -0.497 e. The summed E-state index contributed by atoms with van der Waals surface area (Å²) in [7, 11) is 1.70. The zero-order valence-electron chi connectivity index (χ0n) is 12.6. The lowest BCUT2D eigenvalue weighted by molar-refractivity contribution is 0.414. The number of rotatable bonds is 7. The molecule has 0 spiro atoms. The third-order valence-corrected chi connectivity index (χ3v) is 3.62. The summed E-state index contributed by atoms with van der Waals surface area (Å²) in [6.07, 6.45) is 3.19. The Balaban J connectivity index is 1.98. The summed E-state index contributed by atoms with van der Waals surface area (Å²) in [5, 5.41) is 3.46. The van der Waals surface area contributed by atoms with Gasteiger partial charge in [-0.3, -0.25) is 0 Å². The van der Waals surface area contributed by atoms with E-state index in [2.05, 4.69) is 54.2 Å². The zero-order valence-corrected chi connectivity index (χ0v) is 12.6. The normalized spacial score (nSPS) is 12.3. The third kappa shape index (κ3) is 3.64. The van der Waals surface area contributed by atoms with Crippen LogP contribution >= 0.6 is 0 Å². The van der Waals surface area contributed by atoms with E-state index in [1.165, 1.54) is 11.3 Å². The summed E-state index contributed by atoms with van der Waals surface area (Å²) in [5.74, 6) is 0.913. The quantitative estimate of drug-likeness (QED) is 0.836. The van der Waals surface area contributed by atoms with Crippen molar-refractivity contribution in [3.05, 3.63) is 53.9 Å². The van der Waals surface area contributed by atoms with E-state index in [9.17, 15) is 0 Å². The Kier molecular flexibility index (Phi) is 5.24. The molecule has 1 aromatic heterocycles. The second kappa shape index (κ2) is 7.15. The largest absolute Gasteiger partial charge is 0.497 e. The highest BCUT2D eigenvalue weighted by atomic mass is 16.5. The van der Waals surface area contributed by atoms with Gasteiger partial charge in [0.2, 0.25) is 0 Å². The second-order valence-corrected chi connectivity index (χ2v) is 5.00. The van der Waals surface area contributed by atoms with Crippen LogP contribution in [0.3, 0.4) is 0 Å². The number of nitrogens with one attached hydrogen (secondary N) is 1. The van der Waals surface area contributed by atoms with Crippen molar-refractivity contribution in [1.82, 2.24) is 9.88 Å². The van der Waals surface area contributed by atoms with E-state index in [0.717, 1.165) is 25.3 Å². The summed E-state index contributed by atoms with van der Waals surface area (Å²) < 4.78 is 7.51. The molecule has 0 radical (unpaired) electrons. The van der Waals surface area contributed by atoms with Crippen molar-refractivity contribution in [3.8, 4) is 5.75 Å². The molecule has 20 heavy (non-hydrogen) atoms. The Morgan fingerprint density at radius 3 is 2.60 bits per heavy atom. The molecule has 1 heterocycles. The van der Waals surface area contributed by atoms with Crippen LogP contribution in [0.1, 0.15) is 31.1 Å². The first kappa shape index (κ1) is 14.7. The number of ether oxygens (including phenoxy) is 1. The van der Waals surface area contributed by atoms with E-state index in [4.69, 9.17) is 4.74 Å². The molecule has 1 unspecified atom stereocenters. The van der Waals surface area contributed by atoms with Gasteiger partial charge in [-0.15, -0.1) is 0 Å². The van der Waals surface area contributed by atoms with Crippen molar-refractivity contribution in [1.29, 1.82) is 0 Å². The maximum Gasteiger partial charge on any atom is 0.118 e. The maximum absolute atomic E-state index is 5.18. The van der Waals surface area contributed by atoms with Crippen LogP contribution in [0, 0.1) is 0 Å². The third-order valence-electron chi connectivity index (χ3n) is 3.62. The summed E-state index contributed by atoms with van der Waals surface area (Å²) in [4.78, 5) is 0. The maximum atomic E-state index is 5.18. The van der Waals surface area contributed by atoms with Crippen LogP contribution < -0.4 is 10.1 Å². The molecule has 3 nitrogen and oxygen atoms in total. The van der Waals surface area contributed by atoms with Crippen LogP contribution in [0.25, 0.3) is 0 Å². The number of benzene rings is 1. The Morgan fingerprint density at radius 1 is 1.20 bits per heavy atom. The highest BCUT2D eigenvalue weighted by Crippen LogP contribution is 2.16. The van der Waals surface area contributed by atoms with E-state index in [-0.39, 0.29) is 0 Å². The van der Waals surface area contributed by atoms with E-state index >= 15 is 0 Å². The average Bonchev–Trinajstić information content (AvgIpc) is 2.94. The molecule has 1 atom stereocenters. The first-order chi connectivity index (χ1) is 9.74.